The fourth-order valence-electron chi connectivity index (χ4n) is 3.33. The number of hydrogen-bond acceptors (Lipinski definition) is 6. The maximum absolute atomic E-state index is 15.2. The van der Waals surface area contributed by atoms with Crippen molar-refractivity contribution >= 4 is 11.5 Å². The van der Waals surface area contributed by atoms with Crippen molar-refractivity contribution < 1.29 is 27.6 Å². The number of morpholine rings is 1. The van der Waals surface area contributed by atoms with Crippen LogP contribution in [0.15, 0.2) is 12.1 Å². The topological polar surface area (TPSA) is 77.7 Å². The third kappa shape index (κ3) is 4.58. The van der Waals surface area contributed by atoms with Crippen LogP contribution in [0.2, 0.25) is 0 Å². The molecule has 1 fully saturated rings. The number of hydrogen-bond donors (Lipinski definition) is 0. The van der Waals surface area contributed by atoms with Gasteiger partial charge in [-0.3, -0.25) is 10.1 Å². The molecule has 168 valence electrons. The molecule has 0 amide bonds. The molecule has 0 unspecified atom stereocenters. The van der Waals surface area contributed by atoms with Crippen molar-refractivity contribution in [3.05, 3.63) is 51.0 Å². The highest BCUT2D eigenvalue weighted by Gasteiger charge is 2.32. The van der Waals surface area contributed by atoms with Crippen LogP contribution in [0, 0.1) is 27.7 Å². The first kappa shape index (κ1) is 22.8. The van der Waals surface area contributed by atoms with Crippen LogP contribution in [0.25, 0.3) is 0 Å². The van der Waals surface area contributed by atoms with Crippen LogP contribution in [0.5, 0.6) is 11.5 Å². The number of benzene rings is 1. The minimum atomic E-state index is -1.65. The highest BCUT2D eigenvalue weighted by molar-refractivity contribution is 5.59. The van der Waals surface area contributed by atoms with Gasteiger partial charge in [-0.05, 0) is 17.4 Å². The molecular weight excluding hydrogens is 415 g/mol. The maximum Gasteiger partial charge on any atom is 0.312 e. The lowest BCUT2D eigenvalue weighted by molar-refractivity contribution is -0.385. The van der Waals surface area contributed by atoms with Crippen molar-refractivity contribution in [2.75, 3.05) is 31.2 Å². The molecule has 10 heteroatoms. The van der Waals surface area contributed by atoms with Crippen LogP contribution in [-0.2, 0) is 16.6 Å². The van der Waals surface area contributed by atoms with Gasteiger partial charge in [0.1, 0.15) is 0 Å². The maximum atomic E-state index is 15.2. The number of nitrogens with zero attached hydrogens (tertiary/aromatic N) is 3. The minimum Gasteiger partial charge on any atom is -0.443 e. The summed E-state index contributed by atoms with van der Waals surface area (Å²) in [6.07, 6.45) is 0.512. The summed E-state index contributed by atoms with van der Waals surface area (Å²) in [4.78, 5) is 15.9. The molecule has 7 nitrogen and oxygen atoms in total. The van der Waals surface area contributed by atoms with E-state index < -0.39 is 45.2 Å². The Hall–Kier alpha value is -2.88. The number of rotatable bonds is 5. The van der Waals surface area contributed by atoms with E-state index in [0.29, 0.717) is 17.5 Å². The van der Waals surface area contributed by atoms with Crippen LogP contribution in [0.3, 0.4) is 0 Å². The van der Waals surface area contributed by atoms with Crippen LogP contribution < -0.4 is 9.64 Å². The Morgan fingerprint density at radius 2 is 1.81 bits per heavy atom. The Morgan fingerprint density at radius 1 is 1.16 bits per heavy atom. The number of ether oxygens (including phenoxy) is 2. The second kappa shape index (κ2) is 8.70. The lowest BCUT2D eigenvalue weighted by Crippen LogP contribution is -2.37. The number of nitro benzene ring substituents is 1. The monoisotopic (exact) mass is 439 g/mol. The molecule has 0 radical (unpaired) electrons. The third-order valence-electron chi connectivity index (χ3n) is 5.04. The fraction of sp³-hybridized carbons (Fsp3) is 0.476. The summed E-state index contributed by atoms with van der Waals surface area (Å²) in [6, 6.07) is 2.99. The van der Waals surface area contributed by atoms with Crippen molar-refractivity contribution in [3.8, 4) is 11.5 Å². The molecule has 2 heterocycles. The summed E-state index contributed by atoms with van der Waals surface area (Å²) in [6.45, 7) is 8.20. The van der Waals surface area contributed by atoms with Gasteiger partial charge in [-0.15, -0.1) is 0 Å². The van der Waals surface area contributed by atoms with E-state index in [1.807, 2.05) is 6.92 Å². The summed E-state index contributed by atoms with van der Waals surface area (Å²) < 4.78 is 54.8. The molecule has 0 bridgehead atoms. The Labute approximate surface area is 177 Å². The lowest BCUT2D eigenvalue weighted by atomic mass is 9.84. The minimum absolute atomic E-state index is 0.229. The predicted molar refractivity (Wildman–Crippen MR) is 108 cm³/mol. The number of nitro groups is 1. The standard InChI is InChI=1S/C21H24F3N3O4/c1-5-12-10-13(21(2,3)4)17(14(11-12)27(28)29)31-18-15(22)19(24)25-20(16(18)23)26-6-8-30-9-7-26/h10-11H,5-9H2,1-4H3. The van der Waals surface area contributed by atoms with Gasteiger partial charge in [0.25, 0.3) is 5.95 Å². The molecular formula is C21H24F3N3O4. The van der Waals surface area contributed by atoms with E-state index in [0.717, 1.165) is 0 Å². The van der Waals surface area contributed by atoms with E-state index in [2.05, 4.69) is 4.98 Å². The second-order valence-corrected chi connectivity index (χ2v) is 8.24. The van der Waals surface area contributed by atoms with E-state index in [1.165, 1.54) is 11.0 Å². The molecule has 0 saturated carbocycles. The molecule has 31 heavy (non-hydrogen) atoms. The SMILES string of the molecule is CCc1cc([N+](=O)[O-])c(Oc2c(F)c(F)nc(N3CCOCC3)c2F)c(C(C)(C)C)c1. The number of aromatic nitrogens is 1. The van der Waals surface area contributed by atoms with Gasteiger partial charge in [-0.2, -0.15) is 18.2 Å². The van der Waals surface area contributed by atoms with Gasteiger partial charge in [-0.25, -0.2) is 0 Å². The smallest absolute Gasteiger partial charge is 0.312 e. The molecule has 1 aromatic heterocycles. The summed E-state index contributed by atoms with van der Waals surface area (Å²) >= 11 is 0. The largest absolute Gasteiger partial charge is 0.443 e. The number of anilines is 1. The number of pyridine rings is 1. The summed E-state index contributed by atoms with van der Waals surface area (Å²) in [7, 11) is 0. The molecule has 3 rings (SSSR count). The molecule has 2 aromatic rings. The van der Waals surface area contributed by atoms with Gasteiger partial charge in [0.15, 0.2) is 5.82 Å². The van der Waals surface area contributed by atoms with Crippen molar-refractivity contribution in [3.63, 3.8) is 0 Å². The molecule has 0 atom stereocenters. The Kier molecular flexibility index (Phi) is 6.40. The van der Waals surface area contributed by atoms with E-state index in [1.54, 1.807) is 26.8 Å². The molecule has 0 N–H and O–H groups in total. The Morgan fingerprint density at radius 3 is 2.35 bits per heavy atom. The average Bonchev–Trinajstić information content (AvgIpc) is 2.73. The van der Waals surface area contributed by atoms with Gasteiger partial charge >= 0.3 is 5.69 Å². The van der Waals surface area contributed by atoms with Crippen LogP contribution in [0.1, 0.15) is 38.8 Å². The van der Waals surface area contributed by atoms with Gasteiger partial charge in [0, 0.05) is 24.7 Å². The normalized spacial score (nSPS) is 14.6. The first-order valence-corrected chi connectivity index (χ1v) is 9.91. The highest BCUT2D eigenvalue weighted by atomic mass is 19.2. The number of aryl methyl sites for hydroxylation is 1. The average molecular weight is 439 g/mol. The van der Waals surface area contributed by atoms with Crippen molar-refractivity contribution in [1.82, 2.24) is 4.98 Å². The highest BCUT2D eigenvalue weighted by Crippen LogP contribution is 2.44. The first-order chi connectivity index (χ1) is 14.5. The summed E-state index contributed by atoms with van der Waals surface area (Å²) in [5, 5.41) is 11.7. The Balaban J connectivity index is 2.20. The van der Waals surface area contributed by atoms with Crippen LogP contribution in [-0.4, -0.2) is 36.2 Å². The first-order valence-electron chi connectivity index (χ1n) is 9.91. The van der Waals surface area contributed by atoms with Gasteiger partial charge in [-0.1, -0.05) is 33.8 Å². The van der Waals surface area contributed by atoms with Crippen molar-refractivity contribution in [2.45, 2.75) is 39.5 Å². The zero-order valence-corrected chi connectivity index (χ0v) is 17.8. The molecule has 0 aliphatic carbocycles. The van der Waals surface area contributed by atoms with Crippen molar-refractivity contribution in [1.29, 1.82) is 0 Å². The predicted octanol–water partition coefficient (Wildman–Crippen LogP) is 4.90. The Bertz CT molecular complexity index is 1000. The summed E-state index contributed by atoms with van der Waals surface area (Å²) in [5.74, 6) is -6.25. The van der Waals surface area contributed by atoms with E-state index in [4.69, 9.17) is 9.47 Å². The third-order valence-corrected chi connectivity index (χ3v) is 5.04. The van der Waals surface area contributed by atoms with Gasteiger partial charge in [0.2, 0.25) is 23.1 Å². The van der Waals surface area contributed by atoms with Gasteiger partial charge in [0.05, 0.1) is 18.1 Å². The lowest BCUT2D eigenvalue weighted by Gasteiger charge is -2.28. The van der Waals surface area contributed by atoms with Crippen LogP contribution in [0.4, 0.5) is 24.7 Å². The second-order valence-electron chi connectivity index (χ2n) is 8.24. The van der Waals surface area contributed by atoms with E-state index in [-0.39, 0.29) is 32.1 Å². The molecule has 1 aromatic carbocycles. The molecule has 1 aliphatic heterocycles. The quantitative estimate of drug-likeness (QED) is 0.375. The number of halogens is 3. The molecule has 0 spiro atoms. The molecule has 1 aliphatic rings. The van der Waals surface area contributed by atoms with Crippen LogP contribution >= 0.6 is 0 Å². The zero-order valence-electron chi connectivity index (χ0n) is 17.8. The summed E-state index contributed by atoms with van der Waals surface area (Å²) in [5.41, 5.74) is -0.0628. The van der Waals surface area contributed by atoms with Gasteiger partial charge < -0.3 is 14.4 Å². The fourth-order valence-corrected chi connectivity index (χ4v) is 3.33. The zero-order chi connectivity index (χ0) is 22.9. The van der Waals surface area contributed by atoms with Crippen molar-refractivity contribution in [2.24, 2.45) is 0 Å². The van der Waals surface area contributed by atoms with E-state index in [9.17, 15) is 18.9 Å². The molecule has 1 saturated heterocycles. The van der Waals surface area contributed by atoms with E-state index >= 15 is 4.39 Å².